The molecule has 2 aliphatic heterocycles. The normalized spacial score (nSPS) is 24.0. The molecule has 4 N–H and O–H groups in total. The van der Waals surface area contributed by atoms with Gasteiger partial charge < -0.3 is 21.3 Å². The van der Waals surface area contributed by atoms with Crippen molar-refractivity contribution >= 4 is 31.7 Å². The van der Waals surface area contributed by atoms with Gasteiger partial charge in [-0.15, -0.1) is 0 Å². The van der Waals surface area contributed by atoms with Gasteiger partial charge in [-0.25, -0.2) is 26.4 Å². The maximum absolute atomic E-state index is 11.7. The van der Waals surface area contributed by atoms with E-state index in [-0.39, 0.29) is 11.5 Å². The second-order valence-electron chi connectivity index (χ2n) is 6.74. The van der Waals surface area contributed by atoms with Crippen LogP contribution in [0.25, 0.3) is 0 Å². The van der Waals surface area contributed by atoms with Crippen molar-refractivity contribution in [2.75, 3.05) is 24.6 Å². The number of sulfone groups is 2. The summed E-state index contributed by atoms with van der Waals surface area (Å²) in [4.78, 5) is 23.3. The lowest BCUT2D eigenvalue weighted by Gasteiger charge is -2.12. The highest BCUT2D eigenvalue weighted by atomic mass is 32.2. The summed E-state index contributed by atoms with van der Waals surface area (Å²) < 4.78 is 45.0. The summed E-state index contributed by atoms with van der Waals surface area (Å²) in [6, 6.07) is -1.76. The van der Waals surface area contributed by atoms with E-state index < -0.39 is 43.8 Å². The third kappa shape index (κ3) is 8.30. The van der Waals surface area contributed by atoms with Crippen LogP contribution in [0.4, 0.5) is 9.59 Å². The molecule has 0 saturated carbocycles. The Morgan fingerprint density at radius 2 is 1.11 bits per heavy atom. The average molecular weight is 435 g/mol. The molecule has 2 rings (SSSR count). The number of rotatable bonds is 9. The summed E-state index contributed by atoms with van der Waals surface area (Å²) in [5.41, 5.74) is 0. The molecule has 0 aromatic rings. The number of carbonyl (C=O) groups excluding carboxylic acids is 2. The van der Waals surface area contributed by atoms with E-state index in [1.807, 2.05) is 0 Å². The van der Waals surface area contributed by atoms with Gasteiger partial charge >= 0.3 is 12.1 Å². The van der Waals surface area contributed by atoms with Gasteiger partial charge in [0, 0.05) is 23.9 Å². The van der Waals surface area contributed by atoms with Gasteiger partial charge in [0.25, 0.3) is 0 Å². The molecule has 4 amide bonds. The third-order valence-corrected chi connectivity index (χ3v) is 6.96. The van der Waals surface area contributed by atoms with Gasteiger partial charge in [-0.05, 0) is 25.0 Å². The first-order chi connectivity index (χ1) is 13.2. The monoisotopic (exact) mass is 434 g/mol. The van der Waals surface area contributed by atoms with Gasteiger partial charge in [-0.3, -0.25) is 0 Å². The number of unbranched alkanes of at least 4 members (excludes halogenated alkanes) is 3. The van der Waals surface area contributed by atoms with Crippen LogP contribution in [-0.4, -0.2) is 65.6 Å². The summed E-state index contributed by atoms with van der Waals surface area (Å²) >= 11 is 0. The summed E-state index contributed by atoms with van der Waals surface area (Å²) in [6.45, 7) is 0.955. The highest BCUT2D eigenvalue weighted by Crippen LogP contribution is 2.08. The van der Waals surface area contributed by atoms with Gasteiger partial charge in [0.1, 0.15) is 0 Å². The topological polar surface area (TPSA) is 151 Å². The lowest BCUT2D eigenvalue weighted by molar-refractivity contribution is 0.238. The highest BCUT2D eigenvalue weighted by Gasteiger charge is 2.23. The molecule has 0 aliphatic carbocycles. The predicted octanol–water partition coefficient (Wildman–Crippen LogP) is -0.233. The first-order valence-corrected chi connectivity index (χ1v) is 12.5. The van der Waals surface area contributed by atoms with Crippen molar-refractivity contribution < 1.29 is 26.4 Å². The summed E-state index contributed by atoms with van der Waals surface area (Å²) in [6.07, 6.45) is 6.18. The first-order valence-electron chi connectivity index (χ1n) is 9.06. The number of hydrogen-bond donors (Lipinski definition) is 4. The molecule has 2 unspecified atom stereocenters. The van der Waals surface area contributed by atoms with Crippen LogP contribution in [0, 0.1) is 0 Å². The highest BCUT2D eigenvalue weighted by molar-refractivity contribution is 7.94. The Balaban J connectivity index is 1.42. The van der Waals surface area contributed by atoms with Crippen molar-refractivity contribution in [3.8, 4) is 0 Å². The molecule has 0 aromatic carbocycles. The Kier molecular flexibility index (Phi) is 7.87. The minimum atomic E-state index is -3.18. The molecule has 0 spiro atoms. The SMILES string of the molecule is O=C(NCCCCCCNC(=O)NC1C=CS(=O)(=O)C1)NC1C=CS(=O)(=O)C1. The molecular weight excluding hydrogens is 408 g/mol. The van der Waals surface area contributed by atoms with Crippen molar-refractivity contribution in [3.05, 3.63) is 23.0 Å². The van der Waals surface area contributed by atoms with E-state index in [4.69, 9.17) is 0 Å². The zero-order chi connectivity index (χ0) is 20.6. The first kappa shape index (κ1) is 22.2. The summed E-state index contributed by atoms with van der Waals surface area (Å²) in [5, 5.41) is 12.7. The molecule has 0 fully saturated rings. The largest absolute Gasteiger partial charge is 0.338 e. The van der Waals surface area contributed by atoms with Crippen LogP contribution >= 0.6 is 0 Å². The van der Waals surface area contributed by atoms with Gasteiger partial charge in [-0.2, -0.15) is 0 Å². The second kappa shape index (κ2) is 9.92. The minimum absolute atomic E-state index is 0.103. The van der Waals surface area contributed by atoms with E-state index in [9.17, 15) is 26.4 Å². The number of amides is 4. The molecule has 12 heteroatoms. The van der Waals surface area contributed by atoms with Gasteiger partial charge in [0.15, 0.2) is 19.7 Å². The molecule has 28 heavy (non-hydrogen) atoms. The lowest BCUT2D eigenvalue weighted by atomic mass is 10.2. The molecule has 2 aliphatic rings. The van der Waals surface area contributed by atoms with E-state index in [1.54, 1.807) is 0 Å². The maximum atomic E-state index is 11.7. The number of nitrogens with one attached hydrogen (secondary N) is 4. The van der Waals surface area contributed by atoms with E-state index >= 15 is 0 Å². The van der Waals surface area contributed by atoms with E-state index in [1.165, 1.54) is 12.2 Å². The molecule has 0 aromatic heterocycles. The average Bonchev–Trinajstić information content (AvgIpc) is 3.10. The Hall–Kier alpha value is -2.08. The molecular formula is C16H26N4O6S2. The summed E-state index contributed by atoms with van der Waals surface area (Å²) in [5.74, 6) is -0.207. The van der Waals surface area contributed by atoms with Crippen molar-refractivity contribution in [2.45, 2.75) is 37.8 Å². The minimum Gasteiger partial charge on any atom is -0.338 e. The van der Waals surface area contributed by atoms with Crippen LogP contribution in [-0.2, 0) is 19.7 Å². The van der Waals surface area contributed by atoms with Crippen LogP contribution in [0.2, 0.25) is 0 Å². The summed E-state index contributed by atoms with van der Waals surface area (Å²) in [7, 11) is -6.37. The van der Waals surface area contributed by atoms with Crippen LogP contribution in [0.15, 0.2) is 23.0 Å². The fourth-order valence-electron chi connectivity index (χ4n) is 2.78. The van der Waals surface area contributed by atoms with Crippen molar-refractivity contribution in [1.82, 2.24) is 21.3 Å². The molecule has 10 nitrogen and oxygen atoms in total. The van der Waals surface area contributed by atoms with E-state index in [2.05, 4.69) is 21.3 Å². The standard InChI is InChI=1S/C16H26N4O6S2/c21-15(19-13-5-9-27(23,24)11-13)17-7-3-1-2-4-8-18-16(22)20-14-6-10-28(25,26)12-14/h5-6,9-10,13-14H,1-4,7-8,11-12H2,(H2,17,19,21)(H2,18,20,22). The Labute approximate surface area is 165 Å². The van der Waals surface area contributed by atoms with Crippen molar-refractivity contribution in [2.24, 2.45) is 0 Å². The van der Waals surface area contributed by atoms with Crippen LogP contribution in [0.3, 0.4) is 0 Å². The molecule has 0 saturated heterocycles. The Morgan fingerprint density at radius 3 is 1.43 bits per heavy atom. The van der Waals surface area contributed by atoms with Gasteiger partial charge in [-0.1, -0.05) is 12.8 Å². The predicted molar refractivity (Wildman–Crippen MR) is 105 cm³/mol. The van der Waals surface area contributed by atoms with E-state index in [0.29, 0.717) is 13.1 Å². The third-order valence-electron chi connectivity index (χ3n) is 4.17. The van der Waals surface area contributed by atoms with E-state index in [0.717, 1.165) is 36.5 Å². The number of urea groups is 2. The van der Waals surface area contributed by atoms with Crippen LogP contribution in [0.1, 0.15) is 25.7 Å². The van der Waals surface area contributed by atoms with Crippen molar-refractivity contribution in [3.63, 3.8) is 0 Å². The molecule has 0 bridgehead atoms. The molecule has 158 valence electrons. The van der Waals surface area contributed by atoms with Gasteiger partial charge in [0.05, 0.1) is 23.6 Å². The fourth-order valence-corrected chi connectivity index (χ4v) is 5.25. The quantitative estimate of drug-likeness (QED) is 0.368. The smallest absolute Gasteiger partial charge is 0.315 e. The van der Waals surface area contributed by atoms with Crippen LogP contribution in [0.5, 0.6) is 0 Å². The molecule has 0 radical (unpaired) electrons. The fraction of sp³-hybridized carbons (Fsp3) is 0.625. The Morgan fingerprint density at radius 1 is 0.714 bits per heavy atom. The zero-order valence-corrected chi connectivity index (χ0v) is 17.0. The number of carbonyl (C=O) groups is 2. The maximum Gasteiger partial charge on any atom is 0.315 e. The lowest BCUT2D eigenvalue weighted by Crippen LogP contribution is -2.43. The van der Waals surface area contributed by atoms with Crippen molar-refractivity contribution in [1.29, 1.82) is 0 Å². The van der Waals surface area contributed by atoms with Crippen LogP contribution < -0.4 is 21.3 Å². The second-order valence-corrected chi connectivity index (χ2v) is 10.6. The van der Waals surface area contributed by atoms with Gasteiger partial charge in [0.2, 0.25) is 0 Å². The molecule has 2 atom stereocenters. The Bertz CT molecular complexity index is 765. The molecule has 2 heterocycles. The number of hydrogen-bond acceptors (Lipinski definition) is 6. The zero-order valence-electron chi connectivity index (χ0n) is 15.4.